The maximum absolute atomic E-state index is 14.1. The van der Waals surface area contributed by atoms with Crippen molar-refractivity contribution < 1.29 is 14.3 Å². The molecule has 0 saturated heterocycles. The monoisotopic (exact) mass is 456 g/mol. The standard InChI is InChI=1S/C30H20N2O3/c1-35-19-16-14-18(15-17-19)26-29(24-12-6-4-8-20(24)21-9-5-7-13-25(21)29)31-32-30(26)27(33)22-10-2-3-11-23(22)28(30)34/h2-17,26H,1H3. The van der Waals surface area contributed by atoms with E-state index < -0.39 is 17.0 Å². The predicted octanol–water partition coefficient (Wildman–Crippen LogP) is 5.99. The van der Waals surface area contributed by atoms with Gasteiger partial charge in [0.1, 0.15) is 11.3 Å². The lowest BCUT2D eigenvalue weighted by molar-refractivity contribution is 0.0773. The molecule has 7 rings (SSSR count). The summed E-state index contributed by atoms with van der Waals surface area (Å²) in [6, 6.07) is 30.8. The van der Waals surface area contributed by atoms with Crippen LogP contribution in [0.15, 0.2) is 107 Å². The van der Waals surface area contributed by atoms with Gasteiger partial charge < -0.3 is 4.74 Å². The quantitative estimate of drug-likeness (QED) is 0.348. The molecular weight excluding hydrogens is 436 g/mol. The molecule has 1 aliphatic heterocycles. The van der Waals surface area contributed by atoms with Crippen LogP contribution in [0.4, 0.5) is 0 Å². The summed E-state index contributed by atoms with van der Waals surface area (Å²) < 4.78 is 5.39. The zero-order chi connectivity index (χ0) is 23.8. The van der Waals surface area contributed by atoms with Crippen LogP contribution in [-0.4, -0.2) is 24.2 Å². The summed E-state index contributed by atoms with van der Waals surface area (Å²) in [5, 5.41) is 9.59. The zero-order valence-corrected chi connectivity index (χ0v) is 18.9. The molecule has 4 aromatic carbocycles. The number of fused-ring (bicyclic) bond motifs is 6. The fourth-order valence-electron chi connectivity index (χ4n) is 6.26. The molecule has 2 aliphatic carbocycles. The molecule has 0 bridgehead atoms. The SMILES string of the molecule is COc1ccc(C2C3(N=NC24c2ccccc2-c2ccccc24)C(=O)c2ccccc2C3=O)cc1. The highest BCUT2D eigenvalue weighted by Crippen LogP contribution is 2.65. The van der Waals surface area contributed by atoms with E-state index in [4.69, 9.17) is 9.85 Å². The number of hydrogen-bond donors (Lipinski definition) is 0. The number of nitrogens with zero attached hydrogens (tertiary/aromatic N) is 2. The van der Waals surface area contributed by atoms with Gasteiger partial charge in [-0.05, 0) is 39.9 Å². The first-order valence-corrected chi connectivity index (χ1v) is 11.6. The van der Waals surface area contributed by atoms with E-state index in [-0.39, 0.29) is 11.6 Å². The van der Waals surface area contributed by atoms with E-state index >= 15 is 0 Å². The molecule has 168 valence electrons. The van der Waals surface area contributed by atoms with E-state index in [1.807, 2.05) is 60.7 Å². The normalized spacial score (nSPS) is 19.7. The highest BCUT2D eigenvalue weighted by atomic mass is 16.5. The third kappa shape index (κ3) is 2.28. The van der Waals surface area contributed by atoms with Crippen LogP contribution in [0, 0.1) is 0 Å². The average molecular weight is 457 g/mol. The number of azo groups is 1. The number of ketones is 2. The van der Waals surface area contributed by atoms with Crippen LogP contribution in [0.1, 0.15) is 43.3 Å². The Labute approximate surface area is 202 Å². The zero-order valence-electron chi connectivity index (χ0n) is 18.9. The number of ether oxygens (including phenoxy) is 1. The number of rotatable bonds is 2. The topological polar surface area (TPSA) is 68.1 Å². The second kappa shape index (κ2) is 6.83. The van der Waals surface area contributed by atoms with Crippen molar-refractivity contribution >= 4 is 11.6 Å². The Balaban J connectivity index is 1.57. The van der Waals surface area contributed by atoms with Crippen molar-refractivity contribution in [2.75, 3.05) is 7.11 Å². The summed E-state index contributed by atoms with van der Waals surface area (Å²) in [7, 11) is 1.61. The number of benzene rings is 4. The van der Waals surface area contributed by atoms with Gasteiger partial charge in [0.05, 0.1) is 13.0 Å². The molecule has 35 heavy (non-hydrogen) atoms. The summed E-state index contributed by atoms with van der Waals surface area (Å²) in [6.45, 7) is 0. The van der Waals surface area contributed by atoms with Crippen molar-refractivity contribution in [2.24, 2.45) is 10.2 Å². The van der Waals surface area contributed by atoms with Crippen molar-refractivity contribution in [1.29, 1.82) is 0 Å². The Morgan fingerprint density at radius 2 is 1.06 bits per heavy atom. The summed E-state index contributed by atoms with van der Waals surface area (Å²) in [4.78, 5) is 28.2. The van der Waals surface area contributed by atoms with Crippen LogP contribution >= 0.6 is 0 Å². The molecule has 1 atom stereocenters. The van der Waals surface area contributed by atoms with Gasteiger partial charge in [0, 0.05) is 11.1 Å². The van der Waals surface area contributed by atoms with Crippen molar-refractivity contribution in [2.45, 2.75) is 17.0 Å². The van der Waals surface area contributed by atoms with Gasteiger partial charge in [-0.2, -0.15) is 10.2 Å². The van der Waals surface area contributed by atoms with Crippen LogP contribution in [-0.2, 0) is 5.54 Å². The largest absolute Gasteiger partial charge is 0.497 e. The van der Waals surface area contributed by atoms with Gasteiger partial charge in [-0.3, -0.25) is 9.59 Å². The summed E-state index contributed by atoms with van der Waals surface area (Å²) in [5.41, 5.74) is 2.98. The van der Waals surface area contributed by atoms with Crippen LogP contribution in [0.2, 0.25) is 0 Å². The first kappa shape index (κ1) is 20.0. The number of Topliss-reactive ketones (excluding diaryl/α,β-unsaturated/α-hetero) is 2. The smallest absolute Gasteiger partial charge is 0.216 e. The first-order valence-electron chi connectivity index (χ1n) is 11.6. The molecule has 0 radical (unpaired) electrons. The molecule has 3 aliphatic rings. The van der Waals surface area contributed by atoms with Gasteiger partial charge in [-0.15, -0.1) is 0 Å². The van der Waals surface area contributed by atoms with E-state index in [1.54, 1.807) is 31.4 Å². The highest BCUT2D eigenvalue weighted by Gasteiger charge is 2.70. The molecule has 0 N–H and O–H groups in total. The molecule has 0 saturated carbocycles. The van der Waals surface area contributed by atoms with E-state index in [9.17, 15) is 9.59 Å². The lowest BCUT2D eigenvalue weighted by atomic mass is 9.64. The predicted molar refractivity (Wildman–Crippen MR) is 131 cm³/mol. The Hall–Kier alpha value is -4.38. The molecule has 0 fully saturated rings. The Morgan fingerprint density at radius 1 is 0.600 bits per heavy atom. The summed E-state index contributed by atoms with van der Waals surface area (Å²) >= 11 is 0. The van der Waals surface area contributed by atoms with Crippen LogP contribution in [0.25, 0.3) is 11.1 Å². The van der Waals surface area contributed by atoms with Gasteiger partial charge in [0.25, 0.3) is 0 Å². The van der Waals surface area contributed by atoms with Crippen molar-refractivity contribution in [1.82, 2.24) is 0 Å². The lowest BCUT2D eigenvalue weighted by Crippen LogP contribution is -2.48. The van der Waals surface area contributed by atoms with Crippen molar-refractivity contribution in [3.05, 3.63) is 125 Å². The van der Waals surface area contributed by atoms with E-state index in [0.717, 1.165) is 27.8 Å². The van der Waals surface area contributed by atoms with Gasteiger partial charge in [0.15, 0.2) is 0 Å². The maximum Gasteiger partial charge on any atom is 0.216 e. The molecule has 4 aromatic rings. The van der Waals surface area contributed by atoms with Gasteiger partial charge in [0.2, 0.25) is 17.1 Å². The van der Waals surface area contributed by atoms with Crippen LogP contribution < -0.4 is 4.74 Å². The van der Waals surface area contributed by atoms with Crippen LogP contribution in [0.3, 0.4) is 0 Å². The minimum absolute atomic E-state index is 0.290. The lowest BCUT2D eigenvalue weighted by Gasteiger charge is -2.36. The second-order valence-electron chi connectivity index (χ2n) is 9.23. The molecule has 5 nitrogen and oxygen atoms in total. The Morgan fingerprint density at radius 3 is 1.57 bits per heavy atom. The highest BCUT2D eigenvalue weighted by molar-refractivity contribution is 6.34. The average Bonchev–Trinajstić information content (AvgIpc) is 3.50. The second-order valence-corrected chi connectivity index (χ2v) is 9.23. The number of methoxy groups -OCH3 is 1. The molecule has 1 unspecified atom stereocenters. The van der Waals surface area contributed by atoms with Gasteiger partial charge in [-0.25, -0.2) is 0 Å². The number of hydrogen-bond acceptors (Lipinski definition) is 5. The summed E-state index contributed by atoms with van der Waals surface area (Å²) in [6.07, 6.45) is 0. The van der Waals surface area contributed by atoms with Gasteiger partial charge >= 0.3 is 0 Å². The number of carbonyl (C=O) groups is 2. The Bertz CT molecular complexity index is 1500. The van der Waals surface area contributed by atoms with E-state index in [2.05, 4.69) is 17.2 Å². The van der Waals surface area contributed by atoms with Crippen molar-refractivity contribution in [3.8, 4) is 16.9 Å². The fourth-order valence-corrected chi connectivity index (χ4v) is 6.26. The van der Waals surface area contributed by atoms with E-state index in [0.29, 0.717) is 16.9 Å². The number of carbonyl (C=O) groups excluding carboxylic acids is 2. The first-order chi connectivity index (χ1) is 17.1. The molecule has 1 heterocycles. The van der Waals surface area contributed by atoms with Crippen molar-refractivity contribution in [3.63, 3.8) is 0 Å². The van der Waals surface area contributed by atoms with E-state index in [1.165, 1.54) is 0 Å². The molecular formula is C30H20N2O3. The van der Waals surface area contributed by atoms with Gasteiger partial charge in [-0.1, -0.05) is 84.9 Å². The Kier molecular flexibility index (Phi) is 3.91. The maximum atomic E-state index is 14.1. The minimum Gasteiger partial charge on any atom is -0.497 e. The van der Waals surface area contributed by atoms with Crippen LogP contribution in [0.5, 0.6) is 5.75 Å². The molecule has 5 heteroatoms. The molecule has 0 amide bonds. The fraction of sp³-hybridized carbons (Fsp3) is 0.133. The minimum atomic E-state index is -1.66. The molecule has 2 spiro atoms. The third-order valence-corrected chi connectivity index (χ3v) is 7.72. The summed E-state index contributed by atoms with van der Waals surface area (Å²) in [5.74, 6) is -0.538. The third-order valence-electron chi connectivity index (χ3n) is 7.72. The molecule has 0 aromatic heterocycles.